The average Bonchev–Trinajstić information content (AvgIpc) is 2.86. The fourth-order valence-electron chi connectivity index (χ4n) is 4.42. The van der Waals surface area contributed by atoms with E-state index in [1.807, 2.05) is 0 Å². The smallest absolute Gasteiger partial charge is 0.317 e. The highest BCUT2D eigenvalue weighted by Crippen LogP contribution is 2.33. The van der Waals surface area contributed by atoms with E-state index in [-0.39, 0.29) is 28.5 Å². The monoisotopic (exact) mass is 520 g/mol. The predicted octanol–water partition coefficient (Wildman–Crippen LogP) is 4.34. The first-order chi connectivity index (χ1) is 17.1. The molecule has 1 aliphatic heterocycles. The van der Waals surface area contributed by atoms with Crippen molar-refractivity contribution in [3.8, 4) is 6.26 Å². The highest BCUT2D eigenvalue weighted by molar-refractivity contribution is 7.93. The minimum absolute atomic E-state index is 0.0509. The van der Waals surface area contributed by atoms with Crippen molar-refractivity contribution in [1.82, 2.24) is 14.5 Å². The summed E-state index contributed by atoms with van der Waals surface area (Å²) in [6.45, 7) is 1.62. The highest BCUT2D eigenvalue weighted by atomic mass is 32.2. The fraction of sp³-hybridized carbons (Fsp3) is 0.391. The Morgan fingerprint density at radius 1 is 1.28 bits per heavy atom. The molecule has 0 radical (unpaired) electrons. The van der Waals surface area contributed by atoms with Crippen molar-refractivity contribution in [3.63, 3.8) is 0 Å². The van der Waals surface area contributed by atoms with Gasteiger partial charge in [-0.3, -0.25) is 14.2 Å². The third-order valence-corrected chi connectivity index (χ3v) is 8.46. The van der Waals surface area contributed by atoms with Crippen molar-refractivity contribution < 1.29 is 22.2 Å². The Bertz CT molecular complexity index is 1510. The molecule has 0 saturated carbocycles. The van der Waals surface area contributed by atoms with Gasteiger partial charge in [0, 0.05) is 29.7 Å². The minimum atomic E-state index is -2.95. The summed E-state index contributed by atoms with van der Waals surface area (Å²) < 4.78 is 58.6. The second-order valence-electron chi connectivity index (χ2n) is 8.55. The van der Waals surface area contributed by atoms with Gasteiger partial charge in [-0.2, -0.15) is 0 Å². The van der Waals surface area contributed by atoms with Crippen LogP contribution in [-0.2, 0) is 21.6 Å². The van der Waals surface area contributed by atoms with Crippen LogP contribution in [0.25, 0.3) is 11.0 Å². The Labute approximate surface area is 205 Å². The van der Waals surface area contributed by atoms with E-state index in [0.29, 0.717) is 35.3 Å². The number of hydrogen-bond acceptors (Lipinski definition) is 8. The van der Waals surface area contributed by atoms with Crippen LogP contribution in [0.3, 0.4) is 0 Å². The molecule has 0 spiro atoms. The van der Waals surface area contributed by atoms with Crippen LogP contribution in [0.4, 0.5) is 19.0 Å². The molecular formula is C23H23F3N6O3S. The molecule has 3 aromatic rings. The van der Waals surface area contributed by atoms with Gasteiger partial charge in [0.1, 0.15) is 23.6 Å². The van der Waals surface area contributed by atoms with Crippen molar-refractivity contribution >= 4 is 26.6 Å². The Balaban J connectivity index is 1.70. The van der Waals surface area contributed by atoms with Gasteiger partial charge in [0.15, 0.2) is 0 Å². The largest absolute Gasteiger partial charge is 0.363 e. The maximum absolute atomic E-state index is 14.7. The molecule has 1 aliphatic rings. The molecule has 1 saturated heterocycles. The number of halogens is 3. The highest BCUT2D eigenvalue weighted by Gasteiger charge is 2.28. The SMILES string of the molecule is C[C@@H](Nc1ncnc2c1cc(C1CCS(=O)(=NOC#N)CC1)c(=O)n2C)c1cccc(C(F)F)c1F. The number of nitrogens with zero attached hydrogens (tertiary/aromatic N) is 5. The first kappa shape index (κ1) is 25.4. The first-order valence-corrected chi connectivity index (χ1v) is 12.9. The summed E-state index contributed by atoms with van der Waals surface area (Å²) in [5.41, 5.74) is -0.0788. The summed E-state index contributed by atoms with van der Waals surface area (Å²) >= 11 is 0. The number of nitrogens with one attached hydrogen (secondary N) is 1. The Kier molecular flexibility index (Phi) is 7.16. The number of hydrogen-bond donors (Lipinski definition) is 1. The third kappa shape index (κ3) is 4.86. The van der Waals surface area contributed by atoms with Gasteiger partial charge in [0.2, 0.25) is 0 Å². The van der Waals surface area contributed by atoms with E-state index in [1.165, 1.54) is 29.3 Å². The first-order valence-electron chi connectivity index (χ1n) is 11.1. The maximum Gasteiger partial charge on any atom is 0.317 e. The third-order valence-electron chi connectivity index (χ3n) is 6.37. The van der Waals surface area contributed by atoms with Crippen molar-refractivity contribution in [2.24, 2.45) is 11.6 Å². The van der Waals surface area contributed by atoms with E-state index in [2.05, 4.69) is 24.6 Å². The van der Waals surface area contributed by atoms with E-state index < -0.39 is 33.6 Å². The molecular weight excluding hydrogens is 497 g/mol. The number of aryl methyl sites for hydroxylation is 1. The number of benzene rings is 1. The van der Waals surface area contributed by atoms with Gasteiger partial charge < -0.3 is 5.32 Å². The molecule has 1 aromatic carbocycles. The van der Waals surface area contributed by atoms with Crippen molar-refractivity contribution in [1.29, 1.82) is 5.26 Å². The molecule has 190 valence electrons. The number of pyridine rings is 1. The Morgan fingerprint density at radius 3 is 2.64 bits per heavy atom. The lowest BCUT2D eigenvalue weighted by Crippen LogP contribution is -2.29. The summed E-state index contributed by atoms with van der Waals surface area (Å²) in [7, 11) is -1.11. The van der Waals surface area contributed by atoms with Crippen molar-refractivity contribution in [2.75, 3.05) is 16.8 Å². The number of fused-ring (bicyclic) bond motifs is 1. The van der Waals surface area contributed by atoms with E-state index in [0.717, 1.165) is 6.07 Å². The van der Waals surface area contributed by atoms with Gasteiger partial charge in [-0.1, -0.05) is 18.2 Å². The van der Waals surface area contributed by atoms with E-state index in [9.17, 15) is 22.2 Å². The number of alkyl halides is 2. The van der Waals surface area contributed by atoms with Crippen LogP contribution >= 0.6 is 0 Å². The summed E-state index contributed by atoms with van der Waals surface area (Å²) in [6.07, 6.45) is 0.496. The normalized spacial score (nSPS) is 20.6. The van der Waals surface area contributed by atoms with Gasteiger partial charge in [0.05, 0.1) is 26.7 Å². The molecule has 2 aromatic heterocycles. The lowest BCUT2D eigenvalue weighted by atomic mass is 9.94. The second kappa shape index (κ2) is 10.1. The molecule has 1 atom stereocenters. The van der Waals surface area contributed by atoms with Gasteiger partial charge in [0.25, 0.3) is 12.0 Å². The number of aromatic nitrogens is 3. The zero-order valence-corrected chi connectivity index (χ0v) is 20.3. The Hall–Kier alpha value is -3.66. The number of nitriles is 1. The molecule has 0 unspecified atom stereocenters. The summed E-state index contributed by atoms with van der Waals surface area (Å²) in [5.74, 6) is -0.550. The molecule has 0 amide bonds. The Morgan fingerprint density at radius 2 is 1.97 bits per heavy atom. The van der Waals surface area contributed by atoms with Crippen LogP contribution in [0.2, 0.25) is 0 Å². The van der Waals surface area contributed by atoms with Crippen LogP contribution in [0.1, 0.15) is 54.8 Å². The molecule has 0 aliphatic carbocycles. The molecule has 1 fully saturated rings. The minimum Gasteiger partial charge on any atom is -0.363 e. The molecule has 4 rings (SSSR count). The van der Waals surface area contributed by atoms with Crippen LogP contribution < -0.4 is 10.9 Å². The molecule has 36 heavy (non-hydrogen) atoms. The molecule has 1 N–H and O–H groups in total. The topological polar surface area (TPSA) is 122 Å². The van der Waals surface area contributed by atoms with Gasteiger partial charge in [-0.15, -0.1) is 5.26 Å². The number of anilines is 1. The zero-order chi connectivity index (χ0) is 26.0. The summed E-state index contributed by atoms with van der Waals surface area (Å²) in [5, 5.41) is 12.1. The van der Waals surface area contributed by atoms with Gasteiger partial charge >= 0.3 is 6.26 Å². The van der Waals surface area contributed by atoms with Crippen molar-refractivity contribution in [3.05, 3.63) is 63.5 Å². The van der Waals surface area contributed by atoms with Crippen LogP contribution in [0.15, 0.2) is 39.9 Å². The summed E-state index contributed by atoms with van der Waals surface area (Å²) in [4.78, 5) is 25.9. The van der Waals surface area contributed by atoms with Gasteiger partial charge in [-0.05, 0) is 36.3 Å². The number of rotatable bonds is 6. The summed E-state index contributed by atoms with van der Waals surface area (Å²) in [6, 6.07) is 4.78. The van der Waals surface area contributed by atoms with Crippen LogP contribution in [0.5, 0.6) is 0 Å². The molecule has 9 nitrogen and oxygen atoms in total. The van der Waals surface area contributed by atoms with Gasteiger partial charge in [-0.25, -0.2) is 27.3 Å². The molecule has 0 bridgehead atoms. The van der Waals surface area contributed by atoms with E-state index in [1.54, 1.807) is 20.0 Å². The fourth-order valence-corrected chi connectivity index (χ4v) is 6.25. The quantitative estimate of drug-likeness (QED) is 0.379. The van der Waals surface area contributed by atoms with E-state index in [4.69, 9.17) is 5.26 Å². The predicted molar refractivity (Wildman–Crippen MR) is 127 cm³/mol. The zero-order valence-electron chi connectivity index (χ0n) is 19.5. The van der Waals surface area contributed by atoms with Crippen molar-refractivity contribution in [2.45, 2.75) is 38.2 Å². The molecule has 13 heteroatoms. The standard InChI is InChI=1S/C23H23F3N6O3S/c1-13(15-4-3-5-16(19(15)24)20(25)26)30-21-18-10-17(23(33)32(2)22(18)29-12-28-21)14-6-8-36(34,9-7-14)31-35-11-27/h3-5,10,12-14,20H,6-9H2,1-2H3,(H,28,29,30)/t13-,14?,36?/m1/s1. The lowest BCUT2D eigenvalue weighted by molar-refractivity contribution is 0.146. The molecule has 3 heterocycles. The van der Waals surface area contributed by atoms with Crippen LogP contribution in [0, 0.1) is 17.3 Å². The van der Waals surface area contributed by atoms with Crippen LogP contribution in [-0.4, -0.2) is 30.2 Å². The second-order valence-corrected chi connectivity index (χ2v) is 11.1. The average molecular weight is 521 g/mol. The maximum atomic E-state index is 14.7. The van der Waals surface area contributed by atoms with E-state index >= 15 is 0 Å². The lowest BCUT2D eigenvalue weighted by Gasteiger charge is -2.24.